The standard InChI is InChI=1S/C14H20N2O3/c1-9(17)12(15)8-16-14(18)13-11-5-3-2-4-10(11)6-7-19-13/h2-5,9,12-13,17H,6-8,15H2,1H3,(H,16,18). The third-order valence-corrected chi connectivity index (χ3v) is 3.36. The molecule has 3 atom stereocenters. The lowest BCUT2D eigenvalue weighted by atomic mass is 9.97. The van der Waals surface area contributed by atoms with Gasteiger partial charge in [0.1, 0.15) is 0 Å². The molecule has 5 nitrogen and oxygen atoms in total. The average Bonchev–Trinajstić information content (AvgIpc) is 2.43. The summed E-state index contributed by atoms with van der Waals surface area (Å²) >= 11 is 0. The minimum Gasteiger partial charge on any atom is -0.392 e. The Labute approximate surface area is 112 Å². The van der Waals surface area contributed by atoms with Gasteiger partial charge in [-0.05, 0) is 24.5 Å². The van der Waals surface area contributed by atoms with E-state index in [9.17, 15) is 9.90 Å². The van der Waals surface area contributed by atoms with Crippen LogP contribution in [-0.2, 0) is 16.0 Å². The third kappa shape index (κ3) is 3.32. The maximum absolute atomic E-state index is 12.1. The van der Waals surface area contributed by atoms with Crippen molar-refractivity contribution in [2.45, 2.75) is 31.6 Å². The fraction of sp³-hybridized carbons (Fsp3) is 0.500. The minimum atomic E-state index is -0.653. The number of hydrogen-bond donors (Lipinski definition) is 3. The molecular formula is C14H20N2O3. The van der Waals surface area contributed by atoms with Gasteiger partial charge in [-0.3, -0.25) is 4.79 Å². The van der Waals surface area contributed by atoms with E-state index in [4.69, 9.17) is 10.5 Å². The minimum absolute atomic E-state index is 0.205. The van der Waals surface area contributed by atoms with Gasteiger partial charge >= 0.3 is 0 Å². The fourth-order valence-electron chi connectivity index (χ4n) is 2.09. The number of carbonyl (C=O) groups excluding carboxylic acids is 1. The lowest BCUT2D eigenvalue weighted by molar-refractivity contribution is -0.134. The summed E-state index contributed by atoms with van der Waals surface area (Å²) < 4.78 is 5.54. The molecule has 19 heavy (non-hydrogen) atoms. The van der Waals surface area contributed by atoms with Gasteiger partial charge in [0.2, 0.25) is 0 Å². The number of aliphatic hydroxyl groups is 1. The van der Waals surface area contributed by atoms with Crippen molar-refractivity contribution in [1.29, 1.82) is 0 Å². The highest BCUT2D eigenvalue weighted by Crippen LogP contribution is 2.26. The van der Waals surface area contributed by atoms with Crippen molar-refractivity contribution in [3.63, 3.8) is 0 Å². The molecule has 1 aromatic carbocycles. The molecule has 1 amide bonds. The molecule has 0 saturated heterocycles. The van der Waals surface area contributed by atoms with Crippen LogP contribution < -0.4 is 11.1 Å². The predicted molar refractivity (Wildman–Crippen MR) is 71.5 cm³/mol. The van der Waals surface area contributed by atoms with E-state index in [1.54, 1.807) is 6.92 Å². The van der Waals surface area contributed by atoms with Crippen LogP contribution in [0.15, 0.2) is 24.3 Å². The van der Waals surface area contributed by atoms with Crippen LogP contribution in [0.25, 0.3) is 0 Å². The Balaban J connectivity index is 2.01. The average molecular weight is 264 g/mol. The molecule has 2 rings (SSSR count). The van der Waals surface area contributed by atoms with Crippen molar-refractivity contribution in [2.75, 3.05) is 13.2 Å². The molecule has 0 saturated carbocycles. The molecule has 5 heteroatoms. The van der Waals surface area contributed by atoms with Crippen LogP contribution >= 0.6 is 0 Å². The molecule has 0 aromatic heterocycles. The zero-order valence-electron chi connectivity index (χ0n) is 11.0. The largest absolute Gasteiger partial charge is 0.392 e. The molecule has 0 radical (unpaired) electrons. The van der Waals surface area contributed by atoms with Gasteiger partial charge in [-0.25, -0.2) is 0 Å². The first-order valence-corrected chi connectivity index (χ1v) is 6.50. The van der Waals surface area contributed by atoms with E-state index in [2.05, 4.69) is 5.32 Å². The molecular weight excluding hydrogens is 244 g/mol. The second-order valence-corrected chi connectivity index (χ2v) is 4.85. The summed E-state index contributed by atoms with van der Waals surface area (Å²) in [5, 5.41) is 12.0. The van der Waals surface area contributed by atoms with Crippen molar-refractivity contribution >= 4 is 5.91 Å². The summed E-state index contributed by atoms with van der Waals surface area (Å²) in [7, 11) is 0. The van der Waals surface area contributed by atoms with Gasteiger partial charge in [-0.2, -0.15) is 0 Å². The summed E-state index contributed by atoms with van der Waals surface area (Å²) in [6.45, 7) is 2.37. The van der Waals surface area contributed by atoms with Gasteiger partial charge in [0.25, 0.3) is 5.91 Å². The van der Waals surface area contributed by atoms with E-state index in [1.165, 1.54) is 0 Å². The second-order valence-electron chi connectivity index (χ2n) is 4.85. The number of nitrogens with one attached hydrogen (secondary N) is 1. The van der Waals surface area contributed by atoms with Crippen LogP contribution in [0, 0.1) is 0 Å². The molecule has 3 unspecified atom stereocenters. The van der Waals surface area contributed by atoms with E-state index in [-0.39, 0.29) is 12.5 Å². The smallest absolute Gasteiger partial charge is 0.253 e. The zero-order valence-corrected chi connectivity index (χ0v) is 11.0. The molecule has 1 heterocycles. The Morgan fingerprint density at radius 2 is 2.32 bits per heavy atom. The van der Waals surface area contributed by atoms with Crippen molar-refractivity contribution < 1.29 is 14.6 Å². The van der Waals surface area contributed by atoms with Crippen molar-refractivity contribution in [1.82, 2.24) is 5.32 Å². The first-order chi connectivity index (χ1) is 9.09. The lowest BCUT2D eigenvalue weighted by Gasteiger charge is -2.26. The molecule has 1 aliphatic rings. The molecule has 0 bridgehead atoms. The predicted octanol–water partition coefficient (Wildman–Crippen LogP) is 0.125. The van der Waals surface area contributed by atoms with Crippen LogP contribution in [0.3, 0.4) is 0 Å². The molecule has 1 aliphatic heterocycles. The Hall–Kier alpha value is -1.43. The number of aliphatic hydroxyl groups excluding tert-OH is 1. The fourth-order valence-corrected chi connectivity index (χ4v) is 2.09. The quantitative estimate of drug-likeness (QED) is 0.721. The molecule has 104 valence electrons. The molecule has 0 spiro atoms. The monoisotopic (exact) mass is 264 g/mol. The zero-order chi connectivity index (χ0) is 13.8. The van der Waals surface area contributed by atoms with Gasteiger partial charge in [0, 0.05) is 12.6 Å². The van der Waals surface area contributed by atoms with Crippen LogP contribution in [0.5, 0.6) is 0 Å². The number of rotatable bonds is 4. The van der Waals surface area contributed by atoms with Crippen LogP contribution in [0.1, 0.15) is 24.2 Å². The summed E-state index contributed by atoms with van der Waals surface area (Å²) in [5.74, 6) is -0.205. The van der Waals surface area contributed by atoms with E-state index < -0.39 is 18.2 Å². The first kappa shape index (κ1) is 14.0. The van der Waals surface area contributed by atoms with Crippen LogP contribution in [0.4, 0.5) is 0 Å². The van der Waals surface area contributed by atoms with Gasteiger partial charge in [0.05, 0.1) is 12.7 Å². The van der Waals surface area contributed by atoms with Gasteiger partial charge in [0.15, 0.2) is 6.10 Å². The Kier molecular flexibility index (Phi) is 4.52. The first-order valence-electron chi connectivity index (χ1n) is 6.50. The highest BCUT2D eigenvalue weighted by Gasteiger charge is 2.27. The van der Waals surface area contributed by atoms with E-state index >= 15 is 0 Å². The number of fused-ring (bicyclic) bond motifs is 1. The highest BCUT2D eigenvalue weighted by molar-refractivity contribution is 5.82. The van der Waals surface area contributed by atoms with Gasteiger partial charge in [-0.1, -0.05) is 24.3 Å². The van der Waals surface area contributed by atoms with Crippen molar-refractivity contribution in [3.8, 4) is 0 Å². The number of hydrogen-bond acceptors (Lipinski definition) is 4. The maximum Gasteiger partial charge on any atom is 0.253 e. The topological polar surface area (TPSA) is 84.6 Å². The Bertz CT molecular complexity index is 448. The number of amides is 1. The number of ether oxygens (including phenoxy) is 1. The molecule has 0 aliphatic carbocycles. The summed E-state index contributed by atoms with van der Waals surface area (Å²) in [5.41, 5.74) is 7.74. The third-order valence-electron chi connectivity index (χ3n) is 3.36. The summed E-state index contributed by atoms with van der Waals surface area (Å²) in [4.78, 5) is 12.1. The molecule has 4 N–H and O–H groups in total. The maximum atomic E-state index is 12.1. The van der Waals surface area contributed by atoms with Gasteiger partial charge < -0.3 is 20.9 Å². The lowest BCUT2D eigenvalue weighted by Crippen LogP contribution is -2.45. The Morgan fingerprint density at radius 1 is 1.58 bits per heavy atom. The number of carbonyl (C=O) groups is 1. The Morgan fingerprint density at radius 3 is 3.05 bits per heavy atom. The highest BCUT2D eigenvalue weighted by atomic mass is 16.5. The van der Waals surface area contributed by atoms with E-state index in [1.807, 2.05) is 24.3 Å². The number of benzene rings is 1. The van der Waals surface area contributed by atoms with Crippen LogP contribution in [0.2, 0.25) is 0 Å². The van der Waals surface area contributed by atoms with E-state index in [0.29, 0.717) is 6.61 Å². The van der Waals surface area contributed by atoms with E-state index in [0.717, 1.165) is 17.5 Å². The normalized spacial score (nSPS) is 21.3. The summed E-state index contributed by atoms with van der Waals surface area (Å²) in [6, 6.07) is 7.31. The number of nitrogens with two attached hydrogens (primary N) is 1. The second kappa shape index (κ2) is 6.14. The SMILES string of the molecule is CC(O)C(N)CNC(=O)C1OCCc2ccccc21. The van der Waals surface area contributed by atoms with Crippen LogP contribution in [-0.4, -0.2) is 36.3 Å². The summed E-state index contributed by atoms with van der Waals surface area (Å²) in [6.07, 6.45) is -0.404. The van der Waals surface area contributed by atoms with Crippen molar-refractivity contribution in [3.05, 3.63) is 35.4 Å². The van der Waals surface area contributed by atoms with Gasteiger partial charge in [-0.15, -0.1) is 0 Å². The van der Waals surface area contributed by atoms with Crippen molar-refractivity contribution in [2.24, 2.45) is 5.73 Å². The molecule has 1 aromatic rings. The molecule has 0 fully saturated rings.